The third-order valence-electron chi connectivity index (χ3n) is 5.90. The molecule has 3 aliphatic rings. The van der Waals surface area contributed by atoms with Gasteiger partial charge in [-0.05, 0) is 49.8 Å². The number of rotatable bonds is 5. The lowest BCUT2D eigenvalue weighted by atomic mass is 9.86. The van der Waals surface area contributed by atoms with Gasteiger partial charge in [-0.25, -0.2) is 4.79 Å². The maximum absolute atomic E-state index is 13.2. The summed E-state index contributed by atoms with van der Waals surface area (Å²) < 4.78 is 10.8. The van der Waals surface area contributed by atoms with Crippen molar-refractivity contribution in [2.24, 2.45) is 5.92 Å². The number of methoxy groups -OCH3 is 1. The minimum Gasteiger partial charge on any atom is -0.493 e. The molecule has 4 rings (SSSR count). The van der Waals surface area contributed by atoms with Gasteiger partial charge in [0, 0.05) is 30.7 Å². The van der Waals surface area contributed by atoms with Crippen LogP contribution in [0.3, 0.4) is 0 Å². The van der Waals surface area contributed by atoms with Crippen LogP contribution in [0, 0.1) is 5.92 Å². The van der Waals surface area contributed by atoms with Gasteiger partial charge in [-0.15, -0.1) is 0 Å². The molecular weight excluding hydrogens is 332 g/mol. The van der Waals surface area contributed by atoms with Crippen molar-refractivity contribution in [2.75, 3.05) is 26.8 Å². The first-order chi connectivity index (χ1) is 12.7. The van der Waals surface area contributed by atoms with Crippen LogP contribution >= 0.6 is 0 Å². The number of hydrogen-bond donors (Lipinski definition) is 1. The van der Waals surface area contributed by atoms with Crippen molar-refractivity contribution in [2.45, 2.75) is 44.2 Å². The van der Waals surface area contributed by atoms with E-state index in [0.717, 1.165) is 25.9 Å². The Morgan fingerprint density at radius 1 is 1.08 bits per heavy atom. The Kier molecular flexibility index (Phi) is 4.85. The molecule has 26 heavy (non-hydrogen) atoms. The van der Waals surface area contributed by atoms with Crippen LogP contribution in [0.4, 0.5) is 0 Å². The average Bonchev–Trinajstić information content (AvgIpc) is 2.87. The van der Waals surface area contributed by atoms with Gasteiger partial charge in [0.1, 0.15) is 5.75 Å². The van der Waals surface area contributed by atoms with Crippen LogP contribution in [0.15, 0.2) is 18.2 Å². The molecule has 2 unspecified atom stereocenters. The first-order valence-electron chi connectivity index (χ1n) is 9.55. The summed E-state index contributed by atoms with van der Waals surface area (Å²) in [7, 11) is 1.35. The fraction of sp³-hybridized carbons (Fsp3) is 0.600. The van der Waals surface area contributed by atoms with Crippen molar-refractivity contribution in [3.8, 4) is 5.75 Å². The number of nitrogens with zero attached hydrogens (tertiary/aromatic N) is 1. The van der Waals surface area contributed by atoms with Gasteiger partial charge in [0.25, 0.3) is 5.91 Å². The van der Waals surface area contributed by atoms with Crippen LogP contribution in [0.2, 0.25) is 0 Å². The maximum Gasteiger partial charge on any atom is 0.338 e. The zero-order valence-electron chi connectivity index (χ0n) is 15.2. The van der Waals surface area contributed by atoms with E-state index in [-0.39, 0.29) is 18.0 Å². The summed E-state index contributed by atoms with van der Waals surface area (Å²) >= 11 is 0. The Hall–Kier alpha value is -2.08. The maximum atomic E-state index is 13.2. The molecule has 1 aromatic rings. The highest BCUT2D eigenvalue weighted by Gasteiger charge is 2.40. The molecule has 2 saturated heterocycles. The van der Waals surface area contributed by atoms with Crippen LogP contribution in [0.5, 0.6) is 5.75 Å². The molecule has 1 saturated carbocycles. The fourth-order valence-corrected chi connectivity index (χ4v) is 4.17. The molecular formula is C20H26N2O4. The van der Waals surface area contributed by atoms with Gasteiger partial charge in [-0.2, -0.15) is 0 Å². The molecule has 0 spiro atoms. The van der Waals surface area contributed by atoms with E-state index in [1.807, 2.05) is 4.90 Å². The zero-order valence-corrected chi connectivity index (χ0v) is 15.2. The quantitative estimate of drug-likeness (QED) is 0.818. The summed E-state index contributed by atoms with van der Waals surface area (Å²) in [6.07, 6.45) is 5.70. The van der Waals surface area contributed by atoms with E-state index in [2.05, 4.69) is 5.32 Å². The summed E-state index contributed by atoms with van der Waals surface area (Å²) in [5, 5.41) is 3.39. The Labute approximate surface area is 153 Å². The number of benzene rings is 1. The lowest BCUT2D eigenvalue weighted by Crippen LogP contribution is -2.54. The van der Waals surface area contributed by atoms with E-state index in [1.54, 1.807) is 18.2 Å². The van der Waals surface area contributed by atoms with Crippen molar-refractivity contribution in [3.05, 3.63) is 29.3 Å². The van der Waals surface area contributed by atoms with Gasteiger partial charge in [-0.1, -0.05) is 6.42 Å². The van der Waals surface area contributed by atoms with Crippen molar-refractivity contribution in [1.29, 1.82) is 0 Å². The molecule has 1 aliphatic carbocycles. The van der Waals surface area contributed by atoms with Gasteiger partial charge in [0.15, 0.2) is 0 Å². The van der Waals surface area contributed by atoms with Gasteiger partial charge in [0.05, 0.1) is 19.3 Å². The molecule has 1 N–H and O–H groups in total. The summed E-state index contributed by atoms with van der Waals surface area (Å²) in [6, 6.07) is 5.55. The second-order valence-corrected chi connectivity index (χ2v) is 7.60. The third kappa shape index (κ3) is 3.30. The summed E-state index contributed by atoms with van der Waals surface area (Å²) in [6.45, 7) is 2.31. The SMILES string of the molecule is COC(=O)c1cc(OCC2CCC2)cc(C(=O)N2C3CCC2CNC3)c1. The first kappa shape index (κ1) is 17.3. The summed E-state index contributed by atoms with van der Waals surface area (Å²) in [5.74, 6) is 0.695. The summed E-state index contributed by atoms with van der Waals surface area (Å²) in [4.78, 5) is 27.2. The van der Waals surface area contributed by atoms with Crippen LogP contribution in [0.1, 0.15) is 52.8 Å². The highest BCUT2D eigenvalue weighted by atomic mass is 16.5. The van der Waals surface area contributed by atoms with Crippen LogP contribution in [-0.4, -0.2) is 55.7 Å². The fourth-order valence-electron chi connectivity index (χ4n) is 4.17. The molecule has 1 aromatic carbocycles. The number of ether oxygens (including phenoxy) is 2. The van der Waals surface area contributed by atoms with Crippen molar-refractivity contribution < 1.29 is 19.1 Å². The Morgan fingerprint density at radius 2 is 1.77 bits per heavy atom. The van der Waals surface area contributed by atoms with Crippen molar-refractivity contribution in [3.63, 3.8) is 0 Å². The zero-order chi connectivity index (χ0) is 18.1. The molecule has 6 heteroatoms. The molecule has 1 amide bonds. The topological polar surface area (TPSA) is 67.9 Å². The molecule has 6 nitrogen and oxygen atoms in total. The third-order valence-corrected chi connectivity index (χ3v) is 5.90. The van der Waals surface area contributed by atoms with Crippen molar-refractivity contribution in [1.82, 2.24) is 10.2 Å². The molecule has 2 heterocycles. The first-order valence-corrected chi connectivity index (χ1v) is 9.55. The van der Waals surface area contributed by atoms with E-state index >= 15 is 0 Å². The molecule has 140 valence electrons. The number of amides is 1. The molecule has 2 aliphatic heterocycles. The monoisotopic (exact) mass is 358 g/mol. The predicted molar refractivity (Wildman–Crippen MR) is 96.5 cm³/mol. The molecule has 3 fully saturated rings. The van der Waals surface area contributed by atoms with Crippen LogP contribution < -0.4 is 10.1 Å². The standard InChI is InChI=1S/C20H26N2O4/c1-25-20(24)15-7-14(8-18(9-15)26-12-13-3-2-4-13)19(23)22-16-5-6-17(22)11-21-10-16/h7-9,13,16-17,21H,2-6,10-12H2,1H3. The summed E-state index contributed by atoms with van der Waals surface area (Å²) in [5.41, 5.74) is 0.875. The largest absolute Gasteiger partial charge is 0.493 e. The van der Waals surface area contributed by atoms with Crippen molar-refractivity contribution >= 4 is 11.9 Å². The predicted octanol–water partition coefficient (Wildman–Crippen LogP) is 2.23. The molecule has 0 aromatic heterocycles. The molecule has 2 bridgehead atoms. The second-order valence-electron chi connectivity index (χ2n) is 7.60. The van der Waals surface area contributed by atoms with Gasteiger partial charge < -0.3 is 19.7 Å². The van der Waals surface area contributed by atoms with Gasteiger partial charge >= 0.3 is 5.97 Å². The van der Waals surface area contributed by atoms with Gasteiger partial charge in [0.2, 0.25) is 0 Å². The van der Waals surface area contributed by atoms with Crippen LogP contribution in [-0.2, 0) is 4.74 Å². The van der Waals surface area contributed by atoms with E-state index in [9.17, 15) is 9.59 Å². The molecule has 2 atom stereocenters. The minimum absolute atomic E-state index is 0.0155. The number of hydrogen-bond acceptors (Lipinski definition) is 5. The van der Waals surface area contributed by atoms with E-state index in [0.29, 0.717) is 29.4 Å². The Bertz CT molecular complexity index is 685. The van der Waals surface area contributed by atoms with E-state index in [1.165, 1.54) is 26.4 Å². The minimum atomic E-state index is -0.448. The lowest BCUT2D eigenvalue weighted by Gasteiger charge is -2.35. The Balaban J connectivity index is 1.58. The highest BCUT2D eigenvalue weighted by molar-refractivity contribution is 5.99. The number of carbonyl (C=O) groups is 2. The smallest absolute Gasteiger partial charge is 0.338 e. The number of carbonyl (C=O) groups excluding carboxylic acids is 2. The number of esters is 1. The number of fused-ring (bicyclic) bond motifs is 2. The lowest BCUT2D eigenvalue weighted by molar-refractivity contribution is 0.0599. The van der Waals surface area contributed by atoms with Crippen LogP contribution in [0.25, 0.3) is 0 Å². The average molecular weight is 358 g/mol. The molecule has 0 radical (unpaired) electrons. The van der Waals surface area contributed by atoms with E-state index < -0.39 is 5.97 Å². The highest BCUT2D eigenvalue weighted by Crippen LogP contribution is 2.31. The Morgan fingerprint density at radius 3 is 2.38 bits per heavy atom. The van der Waals surface area contributed by atoms with E-state index in [4.69, 9.17) is 9.47 Å². The number of piperazine rings is 1. The van der Waals surface area contributed by atoms with Gasteiger partial charge in [-0.3, -0.25) is 4.79 Å². The second kappa shape index (κ2) is 7.27. The normalized spacial score (nSPS) is 24.9. The number of nitrogens with one attached hydrogen (secondary N) is 1.